The van der Waals surface area contributed by atoms with E-state index in [0.29, 0.717) is 0 Å². The standard InChI is InChI=1S/C18H19F2NO3/c1-3-13-8-7-12(9-16(13)22)11-21(2)17(23)14-5-4-6-15(10-14)24-18(19)20/h4-10,18,22H,3,11H2,1-2H3. The fourth-order valence-electron chi connectivity index (χ4n) is 2.38. The summed E-state index contributed by atoms with van der Waals surface area (Å²) in [5.74, 6) is -0.189. The smallest absolute Gasteiger partial charge is 0.387 e. The number of aromatic hydroxyl groups is 1. The number of nitrogens with zero attached hydrogens (tertiary/aromatic N) is 1. The molecule has 0 saturated carbocycles. The summed E-state index contributed by atoms with van der Waals surface area (Å²) in [5.41, 5.74) is 1.87. The maximum atomic E-state index is 12.4. The van der Waals surface area contributed by atoms with Crippen LogP contribution in [-0.4, -0.2) is 29.6 Å². The fourth-order valence-corrected chi connectivity index (χ4v) is 2.38. The number of benzene rings is 2. The SMILES string of the molecule is CCc1ccc(CN(C)C(=O)c2cccc(OC(F)F)c2)cc1O. The first-order chi connectivity index (χ1) is 11.4. The van der Waals surface area contributed by atoms with Crippen LogP contribution in [0.3, 0.4) is 0 Å². The van der Waals surface area contributed by atoms with Gasteiger partial charge in [0, 0.05) is 19.2 Å². The molecule has 0 radical (unpaired) electrons. The molecule has 0 spiro atoms. The van der Waals surface area contributed by atoms with Gasteiger partial charge in [-0.05, 0) is 41.8 Å². The van der Waals surface area contributed by atoms with Crippen molar-refractivity contribution < 1.29 is 23.4 Å². The molecule has 0 bridgehead atoms. The third-order valence-corrected chi connectivity index (χ3v) is 3.60. The van der Waals surface area contributed by atoms with Gasteiger partial charge < -0.3 is 14.7 Å². The Hall–Kier alpha value is -2.63. The van der Waals surface area contributed by atoms with E-state index in [1.165, 1.54) is 29.2 Å². The summed E-state index contributed by atoms with van der Waals surface area (Å²) in [6.07, 6.45) is 0.720. The predicted molar refractivity (Wildman–Crippen MR) is 86.4 cm³/mol. The van der Waals surface area contributed by atoms with E-state index in [1.807, 2.05) is 19.1 Å². The third kappa shape index (κ3) is 4.44. The van der Waals surface area contributed by atoms with Crippen LogP contribution < -0.4 is 4.74 Å². The maximum absolute atomic E-state index is 12.4. The number of rotatable bonds is 6. The molecule has 0 aliphatic carbocycles. The summed E-state index contributed by atoms with van der Waals surface area (Å²) in [4.78, 5) is 13.9. The molecule has 0 saturated heterocycles. The normalized spacial score (nSPS) is 10.7. The Kier molecular flexibility index (Phi) is 5.73. The molecule has 6 heteroatoms. The number of amides is 1. The summed E-state index contributed by atoms with van der Waals surface area (Å²) >= 11 is 0. The Morgan fingerprint density at radius 2 is 2.00 bits per heavy atom. The van der Waals surface area contributed by atoms with Gasteiger partial charge in [-0.3, -0.25) is 4.79 Å². The highest BCUT2D eigenvalue weighted by Crippen LogP contribution is 2.21. The molecule has 0 unspecified atom stereocenters. The van der Waals surface area contributed by atoms with Crippen LogP contribution in [0.25, 0.3) is 0 Å². The lowest BCUT2D eigenvalue weighted by molar-refractivity contribution is -0.0499. The van der Waals surface area contributed by atoms with Gasteiger partial charge in [-0.1, -0.05) is 25.1 Å². The molecule has 2 aromatic carbocycles. The summed E-state index contributed by atoms with van der Waals surface area (Å²) in [5, 5.41) is 9.89. The topological polar surface area (TPSA) is 49.8 Å². The van der Waals surface area contributed by atoms with E-state index in [1.54, 1.807) is 13.1 Å². The Balaban J connectivity index is 2.10. The summed E-state index contributed by atoms with van der Waals surface area (Å²) in [6.45, 7) is -0.706. The van der Waals surface area contributed by atoms with E-state index in [2.05, 4.69) is 4.74 Å². The van der Waals surface area contributed by atoms with Gasteiger partial charge in [0.15, 0.2) is 0 Å². The highest BCUT2D eigenvalue weighted by molar-refractivity contribution is 5.94. The first-order valence-corrected chi connectivity index (χ1v) is 7.51. The number of phenols is 1. The summed E-state index contributed by atoms with van der Waals surface area (Å²) in [6, 6.07) is 11.0. The van der Waals surface area contributed by atoms with E-state index in [-0.39, 0.29) is 29.5 Å². The molecular formula is C18H19F2NO3. The van der Waals surface area contributed by atoms with Gasteiger partial charge in [-0.15, -0.1) is 0 Å². The van der Waals surface area contributed by atoms with Crippen LogP contribution in [0.5, 0.6) is 11.5 Å². The van der Waals surface area contributed by atoms with Crippen LogP contribution in [0, 0.1) is 0 Å². The molecule has 0 atom stereocenters. The average molecular weight is 335 g/mol. The zero-order valence-corrected chi connectivity index (χ0v) is 13.5. The second kappa shape index (κ2) is 7.77. The van der Waals surface area contributed by atoms with Gasteiger partial charge in [0.25, 0.3) is 5.91 Å². The summed E-state index contributed by atoms with van der Waals surface area (Å²) in [7, 11) is 1.60. The molecule has 0 aliphatic rings. The van der Waals surface area contributed by atoms with Gasteiger partial charge in [-0.25, -0.2) is 0 Å². The molecule has 128 valence electrons. The number of phenolic OH excluding ortho intramolecular Hbond substituents is 1. The molecule has 0 aliphatic heterocycles. The molecule has 4 nitrogen and oxygen atoms in total. The second-order valence-corrected chi connectivity index (χ2v) is 5.38. The van der Waals surface area contributed by atoms with E-state index in [9.17, 15) is 18.7 Å². The van der Waals surface area contributed by atoms with Crippen molar-refractivity contribution in [1.29, 1.82) is 0 Å². The van der Waals surface area contributed by atoms with Crippen molar-refractivity contribution in [2.45, 2.75) is 26.5 Å². The van der Waals surface area contributed by atoms with E-state index < -0.39 is 6.61 Å². The van der Waals surface area contributed by atoms with Gasteiger partial charge >= 0.3 is 6.61 Å². The van der Waals surface area contributed by atoms with Crippen LogP contribution in [0.1, 0.15) is 28.4 Å². The second-order valence-electron chi connectivity index (χ2n) is 5.38. The fraction of sp³-hybridized carbons (Fsp3) is 0.278. The Morgan fingerprint density at radius 1 is 1.25 bits per heavy atom. The molecule has 2 aromatic rings. The van der Waals surface area contributed by atoms with Crippen LogP contribution in [0.2, 0.25) is 0 Å². The third-order valence-electron chi connectivity index (χ3n) is 3.60. The summed E-state index contributed by atoms with van der Waals surface area (Å²) < 4.78 is 28.8. The molecule has 24 heavy (non-hydrogen) atoms. The lowest BCUT2D eigenvalue weighted by atomic mass is 10.1. The Morgan fingerprint density at radius 3 is 2.62 bits per heavy atom. The molecule has 0 aromatic heterocycles. The van der Waals surface area contributed by atoms with Crippen LogP contribution in [-0.2, 0) is 13.0 Å². The zero-order chi connectivity index (χ0) is 17.7. The van der Waals surface area contributed by atoms with Gasteiger partial charge in [0.2, 0.25) is 0 Å². The number of hydrogen-bond acceptors (Lipinski definition) is 3. The van der Waals surface area contributed by atoms with Gasteiger partial charge in [0.05, 0.1) is 0 Å². The molecule has 2 rings (SSSR count). The number of alkyl halides is 2. The first-order valence-electron chi connectivity index (χ1n) is 7.51. The van der Waals surface area contributed by atoms with Crippen molar-refractivity contribution >= 4 is 5.91 Å². The Labute approximate surface area is 139 Å². The molecular weight excluding hydrogens is 316 g/mol. The van der Waals surface area contributed by atoms with E-state index in [4.69, 9.17) is 0 Å². The van der Waals surface area contributed by atoms with Crippen LogP contribution in [0.15, 0.2) is 42.5 Å². The van der Waals surface area contributed by atoms with E-state index in [0.717, 1.165) is 17.5 Å². The van der Waals surface area contributed by atoms with Crippen molar-refractivity contribution in [1.82, 2.24) is 4.90 Å². The number of ether oxygens (including phenoxy) is 1. The molecule has 1 N–H and O–H groups in total. The minimum atomic E-state index is -2.94. The number of carbonyl (C=O) groups is 1. The number of halogens is 2. The lowest BCUT2D eigenvalue weighted by Crippen LogP contribution is -2.26. The quantitative estimate of drug-likeness (QED) is 0.873. The van der Waals surface area contributed by atoms with Crippen molar-refractivity contribution in [3.05, 3.63) is 59.2 Å². The first kappa shape index (κ1) is 17.7. The molecule has 1 amide bonds. The zero-order valence-electron chi connectivity index (χ0n) is 13.5. The number of aryl methyl sites for hydroxylation is 1. The monoisotopic (exact) mass is 335 g/mol. The van der Waals surface area contributed by atoms with Crippen molar-refractivity contribution in [3.8, 4) is 11.5 Å². The molecule has 0 heterocycles. The number of hydrogen-bond donors (Lipinski definition) is 1. The minimum Gasteiger partial charge on any atom is -0.508 e. The van der Waals surface area contributed by atoms with Crippen LogP contribution in [0.4, 0.5) is 8.78 Å². The maximum Gasteiger partial charge on any atom is 0.387 e. The predicted octanol–water partition coefficient (Wildman–Crippen LogP) is 3.83. The molecule has 0 fully saturated rings. The van der Waals surface area contributed by atoms with Gasteiger partial charge in [-0.2, -0.15) is 8.78 Å². The van der Waals surface area contributed by atoms with Crippen molar-refractivity contribution in [2.75, 3.05) is 7.05 Å². The number of carbonyl (C=O) groups excluding carboxylic acids is 1. The highest BCUT2D eigenvalue weighted by Gasteiger charge is 2.14. The van der Waals surface area contributed by atoms with Gasteiger partial charge in [0.1, 0.15) is 11.5 Å². The minimum absolute atomic E-state index is 0.0609. The lowest BCUT2D eigenvalue weighted by Gasteiger charge is -2.18. The van der Waals surface area contributed by atoms with Crippen LogP contribution >= 0.6 is 0 Å². The Bertz CT molecular complexity index is 719. The average Bonchev–Trinajstić information content (AvgIpc) is 2.54. The van der Waals surface area contributed by atoms with Crippen molar-refractivity contribution in [3.63, 3.8) is 0 Å². The largest absolute Gasteiger partial charge is 0.508 e. The highest BCUT2D eigenvalue weighted by atomic mass is 19.3. The van der Waals surface area contributed by atoms with Crippen molar-refractivity contribution in [2.24, 2.45) is 0 Å². The van der Waals surface area contributed by atoms with E-state index >= 15 is 0 Å².